The zero-order chi connectivity index (χ0) is 7.94. The lowest BCUT2D eigenvalue weighted by molar-refractivity contribution is -0.0133. The van der Waals surface area contributed by atoms with E-state index in [1.54, 1.807) is 0 Å². The summed E-state index contributed by atoms with van der Waals surface area (Å²) in [5.74, 6) is 1.99. The van der Waals surface area contributed by atoms with Crippen LogP contribution >= 0.6 is 11.8 Å². The molecule has 0 aromatic rings. The number of hydrogen-bond acceptors (Lipinski definition) is 4. The quantitative estimate of drug-likeness (QED) is 0.572. The lowest BCUT2D eigenvalue weighted by atomic mass is 10.4. The fourth-order valence-corrected chi connectivity index (χ4v) is 1.50. The summed E-state index contributed by atoms with van der Waals surface area (Å²) in [6.45, 7) is 2.28. The average Bonchev–Trinajstić information content (AvgIpc) is 2.03. The van der Waals surface area contributed by atoms with Crippen molar-refractivity contribution in [3.63, 3.8) is 0 Å². The van der Waals surface area contributed by atoms with E-state index in [9.17, 15) is 5.11 Å². The number of thioether (sulfide) groups is 1. The molecule has 0 saturated carbocycles. The summed E-state index contributed by atoms with van der Waals surface area (Å²) in [4.78, 5) is 0. The molecule has 0 aromatic heterocycles. The molecule has 4 heteroatoms. The largest absolute Gasteiger partial charge is 0.388 e. The predicted octanol–water partition coefficient (Wildman–Crippen LogP) is 0.127. The van der Waals surface area contributed by atoms with Crippen molar-refractivity contribution in [1.29, 1.82) is 0 Å². The van der Waals surface area contributed by atoms with Gasteiger partial charge >= 0.3 is 0 Å². The van der Waals surface area contributed by atoms with Crippen LogP contribution in [0.1, 0.15) is 0 Å². The highest BCUT2D eigenvalue weighted by Crippen LogP contribution is 2.02. The van der Waals surface area contributed by atoms with E-state index in [1.807, 2.05) is 11.8 Å². The van der Waals surface area contributed by atoms with Gasteiger partial charge in [-0.2, -0.15) is 11.8 Å². The zero-order valence-corrected chi connectivity index (χ0v) is 7.31. The first-order valence-electron chi connectivity index (χ1n) is 3.81. The van der Waals surface area contributed by atoms with Crippen LogP contribution in [0.2, 0.25) is 0 Å². The van der Waals surface area contributed by atoms with E-state index in [1.165, 1.54) is 0 Å². The van der Waals surface area contributed by atoms with Crippen molar-refractivity contribution in [2.45, 2.75) is 6.10 Å². The highest BCUT2D eigenvalue weighted by atomic mass is 32.2. The lowest BCUT2D eigenvalue weighted by Gasteiger charge is -2.13. The maximum absolute atomic E-state index is 9.17. The third-order valence-electron chi connectivity index (χ3n) is 1.36. The third-order valence-corrected chi connectivity index (χ3v) is 2.28. The molecule has 0 bridgehead atoms. The van der Waals surface area contributed by atoms with Crippen molar-refractivity contribution in [3.05, 3.63) is 0 Å². The number of aliphatic hydroxyl groups is 1. The summed E-state index contributed by atoms with van der Waals surface area (Å²) in [5.41, 5.74) is 0. The number of ether oxygens (including phenoxy) is 2. The van der Waals surface area contributed by atoms with Crippen LogP contribution in [0.5, 0.6) is 0 Å². The monoisotopic (exact) mass is 178 g/mol. The van der Waals surface area contributed by atoms with Gasteiger partial charge in [-0.15, -0.1) is 0 Å². The molecule has 1 N–H and O–H groups in total. The Labute approximate surface area is 71.1 Å². The number of rotatable bonds is 0. The topological polar surface area (TPSA) is 38.7 Å². The molecule has 0 aromatic carbocycles. The van der Waals surface area contributed by atoms with Gasteiger partial charge in [0.15, 0.2) is 0 Å². The van der Waals surface area contributed by atoms with Crippen molar-refractivity contribution in [2.24, 2.45) is 0 Å². The van der Waals surface area contributed by atoms with Gasteiger partial charge in [0.1, 0.15) is 6.10 Å². The molecular weight excluding hydrogens is 164 g/mol. The minimum atomic E-state index is -0.446. The van der Waals surface area contributed by atoms with E-state index in [0.29, 0.717) is 13.2 Å². The normalized spacial score (nSPS) is 24.8. The molecule has 0 aliphatic carbocycles. The summed E-state index contributed by atoms with van der Waals surface area (Å²) < 4.78 is 10.3. The molecule has 0 atom stereocenters. The smallest absolute Gasteiger partial charge is 0.101 e. The minimum Gasteiger partial charge on any atom is -0.388 e. The summed E-state index contributed by atoms with van der Waals surface area (Å²) in [5, 5.41) is 9.17. The van der Waals surface area contributed by atoms with Gasteiger partial charge < -0.3 is 14.6 Å². The van der Waals surface area contributed by atoms with Crippen molar-refractivity contribution in [3.8, 4) is 0 Å². The Balaban J connectivity index is 2.12. The maximum atomic E-state index is 9.17. The molecule has 1 heterocycles. The Kier molecular flexibility index (Phi) is 4.94. The minimum absolute atomic E-state index is 0.403. The maximum Gasteiger partial charge on any atom is 0.101 e. The van der Waals surface area contributed by atoms with E-state index in [0.717, 1.165) is 24.7 Å². The van der Waals surface area contributed by atoms with Crippen LogP contribution in [0, 0.1) is 0 Å². The van der Waals surface area contributed by atoms with Crippen LogP contribution in [0.15, 0.2) is 0 Å². The van der Waals surface area contributed by atoms with E-state index in [4.69, 9.17) is 9.47 Å². The fraction of sp³-hybridized carbons (Fsp3) is 1.00. The molecule has 1 aliphatic heterocycles. The summed E-state index contributed by atoms with van der Waals surface area (Å²) in [6, 6.07) is 0. The molecule has 0 amide bonds. The molecule has 11 heavy (non-hydrogen) atoms. The van der Waals surface area contributed by atoms with E-state index in [2.05, 4.69) is 0 Å². The molecule has 1 fully saturated rings. The van der Waals surface area contributed by atoms with Crippen LogP contribution in [-0.4, -0.2) is 49.1 Å². The Morgan fingerprint density at radius 3 is 2.18 bits per heavy atom. The van der Waals surface area contributed by atoms with E-state index >= 15 is 0 Å². The lowest BCUT2D eigenvalue weighted by Crippen LogP contribution is -2.24. The Bertz CT molecular complexity index is 89.7. The molecule has 3 nitrogen and oxygen atoms in total. The highest BCUT2D eigenvalue weighted by Gasteiger charge is 2.05. The first kappa shape index (κ1) is 9.32. The van der Waals surface area contributed by atoms with Gasteiger partial charge in [-0.1, -0.05) is 0 Å². The summed E-state index contributed by atoms with van der Waals surface area (Å²) >= 11 is 1.82. The summed E-state index contributed by atoms with van der Waals surface area (Å²) in [7, 11) is 0. The molecular formula is C7H14O3S. The van der Waals surface area contributed by atoms with Gasteiger partial charge in [0.05, 0.1) is 26.4 Å². The number of hydrogen-bond donors (Lipinski definition) is 1. The second-order valence-electron chi connectivity index (χ2n) is 2.42. The van der Waals surface area contributed by atoms with Crippen LogP contribution in [0.25, 0.3) is 0 Å². The Hall–Kier alpha value is 0.230. The molecule has 1 rings (SSSR count). The standard InChI is InChI=1S/C7H14O3S/c8-7-5-9-1-3-11-4-2-10-6-7/h7-8H,1-6H2. The van der Waals surface area contributed by atoms with E-state index < -0.39 is 6.10 Å². The second kappa shape index (κ2) is 5.83. The van der Waals surface area contributed by atoms with Crippen LogP contribution in [-0.2, 0) is 9.47 Å². The number of aliphatic hydroxyl groups excluding tert-OH is 1. The molecule has 1 aliphatic rings. The van der Waals surface area contributed by atoms with Gasteiger partial charge in [-0.3, -0.25) is 0 Å². The fourth-order valence-electron chi connectivity index (χ4n) is 0.825. The van der Waals surface area contributed by atoms with Gasteiger partial charge in [-0.25, -0.2) is 0 Å². The van der Waals surface area contributed by atoms with Crippen LogP contribution < -0.4 is 0 Å². The zero-order valence-electron chi connectivity index (χ0n) is 6.49. The van der Waals surface area contributed by atoms with Gasteiger partial charge in [-0.05, 0) is 0 Å². The Morgan fingerprint density at radius 1 is 1.09 bits per heavy atom. The third kappa shape index (κ3) is 4.63. The Morgan fingerprint density at radius 2 is 1.64 bits per heavy atom. The molecule has 66 valence electrons. The molecule has 0 radical (unpaired) electrons. The first-order valence-corrected chi connectivity index (χ1v) is 4.96. The molecule has 0 spiro atoms. The van der Waals surface area contributed by atoms with Crippen LogP contribution in [0.4, 0.5) is 0 Å². The SMILES string of the molecule is OC1COCCSCCOC1. The van der Waals surface area contributed by atoms with Gasteiger partial charge in [0.2, 0.25) is 0 Å². The van der Waals surface area contributed by atoms with Gasteiger partial charge in [0, 0.05) is 11.5 Å². The van der Waals surface area contributed by atoms with Crippen LogP contribution in [0.3, 0.4) is 0 Å². The molecule has 1 saturated heterocycles. The predicted molar refractivity (Wildman–Crippen MR) is 45.0 cm³/mol. The average molecular weight is 178 g/mol. The van der Waals surface area contributed by atoms with Crippen molar-refractivity contribution in [2.75, 3.05) is 37.9 Å². The van der Waals surface area contributed by atoms with E-state index in [-0.39, 0.29) is 0 Å². The van der Waals surface area contributed by atoms with Crippen molar-refractivity contribution in [1.82, 2.24) is 0 Å². The van der Waals surface area contributed by atoms with Crippen molar-refractivity contribution >= 4 is 11.8 Å². The first-order chi connectivity index (χ1) is 5.39. The summed E-state index contributed by atoms with van der Waals surface area (Å²) in [6.07, 6.45) is -0.446. The second-order valence-corrected chi connectivity index (χ2v) is 3.64. The molecule has 0 unspecified atom stereocenters. The highest BCUT2D eigenvalue weighted by molar-refractivity contribution is 7.99. The van der Waals surface area contributed by atoms with Gasteiger partial charge in [0.25, 0.3) is 0 Å². The van der Waals surface area contributed by atoms with Crippen molar-refractivity contribution < 1.29 is 14.6 Å².